The predicted molar refractivity (Wildman–Crippen MR) is 75.9 cm³/mol. The predicted octanol–water partition coefficient (Wildman–Crippen LogP) is 2.79. The quantitative estimate of drug-likeness (QED) is 0.867. The molecule has 1 fully saturated rings. The van der Waals surface area contributed by atoms with Gasteiger partial charge in [-0.2, -0.15) is 0 Å². The summed E-state index contributed by atoms with van der Waals surface area (Å²) in [7, 11) is 0. The highest BCUT2D eigenvalue weighted by atomic mass is 15.0. The number of piperidine rings is 1. The van der Waals surface area contributed by atoms with Crippen LogP contribution in [-0.4, -0.2) is 24.1 Å². The maximum atomic E-state index is 4.45. The van der Waals surface area contributed by atoms with Crippen molar-refractivity contribution in [1.29, 1.82) is 0 Å². The van der Waals surface area contributed by atoms with Crippen molar-refractivity contribution in [3.05, 3.63) is 36.5 Å². The Labute approximate surface area is 108 Å². The molecule has 3 rings (SSSR count). The first kappa shape index (κ1) is 11.5. The number of benzene rings is 1. The molecule has 0 saturated carbocycles. The van der Waals surface area contributed by atoms with E-state index in [4.69, 9.17) is 0 Å². The number of pyridine rings is 1. The zero-order valence-electron chi connectivity index (χ0n) is 10.5. The molecule has 2 heterocycles. The molecule has 3 heteroatoms. The first-order valence-corrected chi connectivity index (χ1v) is 6.74. The van der Waals surface area contributed by atoms with Crippen LogP contribution >= 0.6 is 0 Å². The first-order valence-electron chi connectivity index (χ1n) is 6.74. The lowest BCUT2D eigenvalue weighted by molar-refractivity contribution is 0.414. The SMILES string of the molecule is c1ccc2c(NCC3CCCCN3)nccc2c1. The van der Waals surface area contributed by atoms with Gasteiger partial charge in [-0.1, -0.05) is 30.7 Å². The number of anilines is 1. The zero-order valence-corrected chi connectivity index (χ0v) is 10.5. The Morgan fingerprint density at radius 1 is 1.22 bits per heavy atom. The van der Waals surface area contributed by atoms with Crippen molar-refractivity contribution in [2.75, 3.05) is 18.4 Å². The van der Waals surface area contributed by atoms with E-state index in [1.54, 1.807) is 0 Å². The van der Waals surface area contributed by atoms with Crippen LogP contribution in [-0.2, 0) is 0 Å². The highest BCUT2D eigenvalue weighted by molar-refractivity contribution is 5.91. The van der Waals surface area contributed by atoms with Crippen LogP contribution in [0.4, 0.5) is 5.82 Å². The van der Waals surface area contributed by atoms with E-state index in [2.05, 4.69) is 45.9 Å². The summed E-state index contributed by atoms with van der Waals surface area (Å²) in [4.78, 5) is 4.45. The first-order chi connectivity index (χ1) is 8.93. The molecule has 1 aromatic carbocycles. The van der Waals surface area contributed by atoms with Gasteiger partial charge in [0.05, 0.1) is 0 Å². The molecule has 1 aliphatic rings. The summed E-state index contributed by atoms with van der Waals surface area (Å²) < 4.78 is 0. The van der Waals surface area contributed by atoms with Crippen molar-refractivity contribution in [2.45, 2.75) is 25.3 Å². The standard InChI is InChI=1S/C15H19N3/c1-2-7-14-12(5-1)8-10-17-15(14)18-11-13-6-3-4-9-16-13/h1-2,5,7-8,10,13,16H,3-4,6,9,11H2,(H,17,18). The molecule has 1 aliphatic heterocycles. The van der Waals surface area contributed by atoms with Crippen molar-refractivity contribution < 1.29 is 0 Å². The Balaban J connectivity index is 1.74. The van der Waals surface area contributed by atoms with Crippen molar-refractivity contribution in [3.8, 4) is 0 Å². The van der Waals surface area contributed by atoms with E-state index in [0.717, 1.165) is 18.9 Å². The second-order valence-electron chi connectivity index (χ2n) is 4.91. The molecule has 18 heavy (non-hydrogen) atoms. The van der Waals surface area contributed by atoms with E-state index in [0.29, 0.717) is 6.04 Å². The molecule has 0 aliphatic carbocycles. The van der Waals surface area contributed by atoms with Crippen LogP contribution in [0.1, 0.15) is 19.3 Å². The Bertz CT molecular complexity index is 513. The minimum absolute atomic E-state index is 0.583. The molecule has 0 bridgehead atoms. The lowest BCUT2D eigenvalue weighted by Gasteiger charge is -2.24. The minimum Gasteiger partial charge on any atom is -0.368 e. The number of hydrogen-bond acceptors (Lipinski definition) is 3. The summed E-state index contributed by atoms with van der Waals surface area (Å²) in [5.74, 6) is 1.00. The third-order valence-corrected chi connectivity index (χ3v) is 3.60. The van der Waals surface area contributed by atoms with Crippen molar-refractivity contribution >= 4 is 16.6 Å². The van der Waals surface area contributed by atoms with Gasteiger partial charge < -0.3 is 10.6 Å². The number of nitrogens with zero attached hydrogens (tertiary/aromatic N) is 1. The molecule has 2 aromatic rings. The molecule has 2 N–H and O–H groups in total. The van der Waals surface area contributed by atoms with Gasteiger partial charge in [-0.05, 0) is 30.8 Å². The average Bonchev–Trinajstić information content (AvgIpc) is 2.46. The van der Waals surface area contributed by atoms with Crippen molar-refractivity contribution in [2.24, 2.45) is 0 Å². The van der Waals surface area contributed by atoms with Crippen LogP contribution in [0, 0.1) is 0 Å². The minimum atomic E-state index is 0.583. The summed E-state index contributed by atoms with van der Waals surface area (Å²) in [6, 6.07) is 11.0. The summed E-state index contributed by atoms with van der Waals surface area (Å²) in [6.45, 7) is 2.11. The number of nitrogens with one attached hydrogen (secondary N) is 2. The van der Waals surface area contributed by atoms with E-state index in [1.165, 1.54) is 30.0 Å². The molecule has 1 atom stereocenters. The molecule has 0 spiro atoms. The Morgan fingerprint density at radius 3 is 3.06 bits per heavy atom. The van der Waals surface area contributed by atoms with E-state index in [-0.39, 0.29) is 0 Å². The molecular formula is C15H19N3. The van der Waals surface area contributed by atoms with Crippen LogP contribution < -0.4 is 10.6 Å². The Kier molecular flexibility index (Phi) is 3.42. The number of hydrogen-bond donors (Lipinski definition) is 2. The molecule has 0 amide bonds. The van der Waals surface area contributed by atoms with Gasteiger partial charge in [0, 0.05) is 24.2 Å². The fourth-order valence-electron chi connectivity index (χ4n) is 2.58. The maximum Gasteiger partial charge on any atom is 0.133 e. The van der Waals surface area contributed by atoms with Gasteiger partial charge in [-0.25, -0.2) is 4.98 Å². The van der Waals surface area contributed by atoms with Gasteiger partial charge in [-0.3, -0.25) is 0 Å². The van der Waals surface area contributed by atoms with E-state index < -0.39 is 0 Å². The van der Waals surface area contributed by atoms with Gasteiger partial charge in [0.15, 0.2) is 0 Å². The fraction of sp³-hybridized carbons (Fsp3) is 0.400. The Hall–Kier alpha value is -1.61. The lowest BCUT2D eigenvalue weighted by Crippen LogP contribution is -2.39. The average molecular weight is 241 g/mol. The normalized spacial score (nSPS) is 19.9. The third kappa shape index (κ3) is 2.46. The van der Waals surface area contributed by atoms with Gasteiger partial charge in [0.2, 0.25) is 0 Å². The highest BCUT2D eigenvalue weighted by Gasteiger charge is 2.12. The van der Waals surface area contributed by atoms with Gasteiger partial charge >= 0.3 is 0 Å². The summed E-state index contributed by atoms with van der Waals surface area (Å²) >= 11 is 0. The van der Waals surface area contributed by atoms with Gasteiger partial charge in [0.1, 0.15) is 5.82 Å². The van der Waals surface area contributed by atoms with Crippen molar-refractivity contribution in [3.63, 3.8) is 0 Å². The number of aromatic nitrogens is 1. The smallest absolute Gasteiger partial charge is 0.133 e. The topological polar surface area (TPSA) is 37.0 Å². The molecule has 1 unspecified atom stereocenters. The van der Waals surface area contributed by atoms with Crippen LogP contribution in [0.5, 0.6) is 0 Å². The second kappa shape index (κ2) is 5.36. The second-order valence-corrected chi connectivity index (χ2v) is 4.91. The summed E-state index contributed by atoms with van der Waals surface area (Å²) in [5.41, 5.74) is 0. The summed E-state index contributed by atoms with van der Waals surface area (Å²) in [6.07, 6.45) is 5.78. The van der Waals surface area contributed by atoms with Crippen molar-refractivity contribution in [1.82, 2.24) is 10.3 Å². The molecule has 1 aromatic heterocycles. The molecular weight excluding hydrogens is 222 g/mol. The van der Waals surface area contributed by atoms with Crippen LogP contribution in [0.25, 0.3) is 10.8 Å². The van der Waals surface area contributed by atoms with Crippen LogP contribution in [0.15, 0.2) is 36.5 Å². The monoisotopic (exact) mass is 241 g/mol. The fourth-order valence-corrected chi connectivity index (χ4v) is 2.58. The van der Waals surface area contributed by atoms with E-state index >= 15 is 0 Å². The number of fused-ring (bicyclic) bond motifs is 1. The Morgan fingerprint density at radius 2 is 2.17 bits per heavy atom. The largest absolute Gasteiger partial charge is 0.368 e. The molecule has 94 valence electrons. The maximum absolute atomic E-state index is 4.45. The van der Waals surface area contributed by atoms with E-state index in [9.17, 15) is 0 Å². The number of rotatable bonds is 3. The van der Waals surface area contributed by atoms with E-state index in [1.807, 2.05) is 6.20 Å². The zero-order chi connectivity index (χ0) is 12.2. The molecule has 1 saturated heterocycles. The van der Waals surface area contributed by atoms with Gasteiger partial charge in [0.25, 0.3) is 0 Å². The molecule has 0 radical (unpaired) electrons. The van der Waals surface area contributed by atoms with Crippen LogP contribution in [0.3, 0.4) is 0 Å². The summed E-state index contributed by atoms with van der Waals surface area (Å²) in [5, 5.41) is 9.48. The van der Waals surface area contributed by atoms with Crippen LogP contribution in [0.2, 0.25) is 0 Å². The highest BCUT2D eigenvalue weighted by Crippen LogP contribution is 2.20. The van der Waals surface area contributed by atoms with Gasteiger partial charge in [-0.15, -0.1) is 0 Å². The lowest BCUT2D eigenvalue weighted by atomic mass is 10.1. The molecule has 3 nitrogen and oxygen atoms in total. The third-order valence-electron chi connectivity index (χ3n) is 3.60.